The number of ether oxygens (including phenoxy) is 1. The third-order valence-electron chi connectivity index (χ3n) is 2.07. The van der Waals surface area contributed by atoms with Gasteiger partial charge in [-0.15, -0.1) is 0 Å². The number of hydrogen-bond donors (Lipinski definition) is 5. The average Bonchev–Trinajstić information content (AvgIpc) is 2.43. The normalized spacial score (nSPS) is 36.6. The van der Waals surface area contributed by atoms with Crippen LogP contribution in [0.2, 0.25) is 0 Å². The molecule has 1 heterocycles. The summed E-state index contributed by atoms with van der Waals surface area (Å²) in [5, 5.41) is 44.9. The second kappa shape index (κ2) is 4.20. The SMILES string of the molecule is O=C1O[C@@H]([C@H](O)[C@H](O)CO)[C@H](O)[C@@H]1O. The van der Waals surface area contributed by atoms with Gasteiger partial charge < -0.3 is 30.3 Å². The summed E-state index contributed by atoms with van der Waals surface area (Å²) in [5.41, 5.74) is 0. The lowest BCUT2D eigenvalue weighted by molar-refractivity contribution is -0.155. The summed E-state index contributed by atoms with van der Waals surface area (Å²) in [6.07, 6.45) is -7.90. The summed E-state index contributed by atoms with van der Waals surface area (Å²) in [5.74, 6) is -1.06. The predicted octanol–water partition coefficient (Wildman–Crippen LogP) is -3.65. The van der Waals surface area contributed by atoms with Gasteiger partial charge in [-0.2, -0.15) is 0 Å². The van der Waals surface area contributed by atoms with Crippen LogP contribution in [0, 0.1) is 0 Å². The number of aliphatic hydroxyl groups is 5. The van der Waals surface area contributed by atoms with Crippen LogP contribution in [0.4, 0.5) is 0 Å². The lowest BCUT2D eigenvalue weighted by atomic mass is 10.0. The van der Waals surface area contributed by atoms with Gasteiger partial charge in [0.25, 0.3) is 0 Å². The summed E-state index contributed by atoms with van der Waals surface area (Å²) in [4.78, 5) is 10.7. The molecule has 0 saturated carbocycles. The molecular weight excluding hydrogens is 196 g/mol. The first-order chi connectivity index (χ1) is 6.49. The van der Waals surface area contributed by atoms with Gasteiger partial charge in [-0.3, -0.25) is 0 Å². The maximum absolute atomic E-state index is 10.7. The van der Waals surface area contributed by atoms with E-state index in [4.69, 9.17) is 15.3 Å². The Morgan fingerprint density at radius 2 is 1.93 bits per heavy atom. The minimum atomic E-state index is -1.72. The van der Waals surface area contributed by atoms with Gasteiger partial charge in [0.2, 0.25) is 0 Å². The largest absolute Gasteiger partial charge is 0.455 e. The van der Waals surface area contributed by atoms with Crippen LogP contribution in [0.15, 0.2) is 0 Å². The molecule has 82 valence electrons. The molecule has 0 radical (unpaired) electrons. The van der Waals surface area contributed by atoms with E-state index in [2.05, 4.69) is 4.74 Å². The zero-order valence-corrected chi connectivity index (χ0v) is 7.15. The average molecular weight is 208 g/mol. The molecule has 0 aliphatic carbocycles. The number of esters is 1. The first-order valence-electron chi connectivity index (χ1n) is 4.02. The molecule has 0 aromatic rings. The number of cyclic esters (lactones) is 1. The molecule has 1 aliphatic heterocycles. The van der Waals surface area contributed by atoms with E-state index in [9.17, 15) is 15.0 Å². The van der Waals surface area contributed by atoms with E-state index in [0.29, 0.717) is 0 Å². The Balaban J connectivity index is 2.66. The van der Waals surface area contributed by atoms with Gasteiger partial charge in [0, 0.05) is 0 Å². The highest BCUT2D eigenvalue weighted by Gasteiger charge is 2.47. The minimum absolute atomic E-state index is 0.738. The van der Waals surface area contributed by atoms with Crippen molar-refractivity contribution in [1.82, 2.24) is 0 Å². The van der Waals surface area contributed by atoms with Crippen LogP contribution in [0.5, 0.6) is 0 Å². The Morgan fingerprint density at radius 3 is 2.29 bits per heavy atom. The van der Waals surface area contributed by atoms with E-state index in [1.807, 2.05) is 0 Å². The standard InChI is InChI=1S/C7H12O7/c8-1-2(9)3(10)6-4(11)5(12)7(13)14-6/h2-6,8-12H,1H2/t2-,3-,4-,5+,6+/m1/s1. The summed E-state index contributed by atoms with van der Waals surface area (Å²) in [6, 6.07) is 0. The van der Waals surface area contributed by atoms with E-state index < -0.39 is 43.1 Å². The molecule has 0 bridgehead atoms. The van der Waals surface area contributed by atoms with Crippen molar-refractivity contribution in [2.75, 3.05) is 6.61 Å². The molecule has 7 heteroatoms. The summed E-state index contributed by atoms with van der Waals surface area (Å²) < 4.78 is 4.41. The smallest absolute Gasteiger partial charge is 0.338 e. The van der Waals surface area contributed by atoms with Gasteiger partial charge in [-0.05, 0) is 0 Å². The fourth-order valence-electron chi connectivity index (χ4n) is 1.19. The molecule has 7 nitrogen and oxygen atoms in total. The van der Waals surface area contributed by atoms with Gasteiger partial charge in [-0.1, -0.05) is 0 Å². The topological polar surface area (TPSA) is 127 Å². The fourth-order valence-corrected chi connectivity index (χ4v) is 1.19. The maximum atomic E-state index is 10.7. The maximum Gasteiger partial charge on any atom is 0.338 e. The van der Waals surface area contributed by atoms with E-state index >= 15 is 0 Å². The van der Waals surface area contributed by atoms with Crippen LogP contribution in [-0.4, -0.2) is 68.6 Å². The highest BCUT2D eigenvalue weighted by molar-refractivity contribution is 5.77. The van der Waals surface area contributed by atoms with E-state index in [0.717, 1.165) is 0 Å². The van der Waals surface area contributed by atoms with Gasteiger partial charge in [0.05, 0.1) is 6.61 Å². The number of carbonyl (C=O) groups is 1. The highest BCUT2D eigenvalue weighted by atomic mass is 16.6. The zero-order chi connectivity index (χ0) is 10.9. The van der Waals surface area contributed by atoms with Crippen LogP contribution in [-0.2, 0) is 9.53 Å². The second-order valence-electron chi connectivity index (χ2n) is 3.08. The highest BCUT2D eigenvalue weighted by Crippen LogP contribution is 2.20. The van der Waals surface area contributed by atoms with Crippen molar-refractivity contribution in [2.24, 2.45) is 0 Å². The summed E-state index contributed by atoms with van der Waals surface area (Å²) in [6.45, 7) is -0.738. The predicted molar refractivity (Wildman–Crippen MR) is 41.0 cm³/mol. The Labute approximate surface area is 79.2 Å². The molecule has 0 aromatic carbocycles. The van der Waals surface area contributed by atoms with Crippen LogP contribution in [0.1, 0.15) is 0 Å². The first-order valence-corrected chi connectivity index (χ1v) is 4.02. The van der Waals surface area contributed by atoms with Crippen molar-refractivity contribution < 1.29 is 35.1 Å². The minimum Gasteiger partial charge on any atom is -0.455 e. The summed E-state index contributed by atoms with van der Waals surface area (Å²) in [7, 11) is 0. The van der Waals surface area contributed by atoms with E-state index in [-0.39, 0.29) is 0 Å². The fraction of sp³-hybridized carbons (Fsp3) is 0.857. The van der Waals surface area contributed by atoms with Crippen LogP contribution in [0.25, 0.3) is 0 Å². The number of hydrogen-bond acceptors (Lipinski definition) is 7. The number of carbonyl (C=O) groups excluding carboxylic acids is 1. The molecule has 0 amide bonds. The van der Waals surface area contributed by atoms with Gasteiger partial charge in [0.15, 0.2) is 12.2 Å². The molecule has 5 atom stereocenters. The van der Waals surface area contributed by atoms with Gasteiger partial charge in [0.1, 0.15) is 18.3 Å². The third-order valence-corrected chi connectivity index (χ3v) is 2.07. The van der Waals surface area contributed by atoms with Gasteiger partial charge in [-0.25, -0.2) is 4.79 Å². The lowest BCUT2D eigenvalue weighted by Gasteiger charge is -2.23. The lowest BCUT2D eigenvalue weighted by Crippen LogP contribution is -2.46. The molecular formula is C7H12O7. The number of rotatable bonds is 3. The Hall–Kier alpha value is -0.730. The van der Waals surface area contributed by atoms with Crippen LogP contribution < -0.4 is 0 Å². The van der Waals surface area contributed by atoms with E-state index in [1.165, 1.54) is 0 Å². The second-order valence-corrected chi connectivity index (χ2v) is 3.08. The Kier molecular flexibility index (Phi) is 3.40. The molecule has 14 heavy (non-hydrogen) atoms. The van der Waals surface area contributed by atoms with Crippen molar-refractivity contribution >= 4 is 5.97 Å². The molecule has 1 aliphatic rings. The molecule has 1 saturated heterocycles. The van der Waals surface area contributed by atoms with Crippen LogP contribution >= 0.6 is 0 Å². The molecule has 1 fully saturated rings. The first kappa shape index (κ1) is 11.3. The van der Waals surface area contributed by atoms with Crippen molar-refractivity contribution in [1.29, 1.82) is 0 Å². The number of aliphatic hydroxyl groups excluding tert-OH is 5. The van der Waals surface area contributed by atoms with Crippen molar-refractivity contribution in [3.8, 4) is 0 Å². The van der Waals surface area contributed by atoms with Gasteiger partial charge >= 0.3 is 5.97 Å². The summed E-state index contributed by atoms with van der Waals surface area (Å²) >= 11 is 0. The molecule has 0 unspecified atom stereocenters. The third kappa shape index (κ3) is 1.86. The monoisotopic (exact) mass is 208 g/mol. The Bertz CT molecular complexity index is 218. The molecule has 1 rings (SSSR count). The molecule has 0 aromatic heterocycles. The Morgan fingerprint density at radius 1 is 1.36 bits per heavy atom. The zero-order valence-electron chi connectivity index (χ0n) is 7.15. The van der Waals surface area contributed by atoms with Crippen molar-refractivity contribution in [3.05, 3.63) is 0 Å². The molecule has 5 N–H and O–H groups in total. The van der Waals surface area contributed by atoms with E-state index in [1.54, 1.807) is 0 Å². The van der Waals surface area contributed by atoms with Crippen LogP contribution in [0.3, 0.4) is 0 Å². The quantitative estimate of drug-likeness (QED) is 0.302. The van der Waals surface area contributed by atoms with Crippen molar-refractivity contribution in [2.45, 2.75) is 30.5 Å². The molecule has 0 spiro atoms. The van der Waals surface area contributed by atoms with Crippen molar-refractivity contribution in [3.63, 3.8) is 0 Å².